The van der Waals surface area contributed by atoms with Crippen LogP contribution in [-0.4, -0.2) is 0 Å². The molecule has 4 aliphatic carbocycles. The molecule has 300 valence electrons. The van der Waals surface area contributed by atoms with Gasteiger partial charge in [0.15, 0.2) is 0 Å². The van der Waals surface area contributed by atoms with Crippen molar-refractivity contribution in [2.75, 3.05) is 0 Å². The highest BCUT2D eigenvalue weighted by Crippen LogP contribution is 2.60. The standard InChI is InChI=1S/C62H32N4/c63-33-37-11-19-43(20-12-37)53-51-31-47-27-30-50-49(55(47)61(51)59(41-7-3-1-4-8-41)57(53)45-23-15-39(35-65)16-24-45)29-28-48-32-52-54(44-21-13-38(34-64)14-22-44)58(46-25-17-40(36-66)18-26-46)60(62(52)56(48)50)42-9-5-2-6-10-42/h1-32H. The Morgan fingerprint density at radius 2 is 0.515 bits per heavy atom. The Balaban J connectivity index is 1.23. The second-order valence-corrected chi connectivity index (χ2v) is 16.8. The molecule has 0 radical (unpaired) electrons. The zero-order valence-corrected chi connectivity index (χ0v) is 35.3. The van der Waals surface area contributed by atoms with Gasteiger partial charge >= 0.3 is 0 Å². The molecule has 0 unspecified atom stereocenters. The number of nitrogens with zero attached hydrogens (tertiary/aromatic N) is 4. The zero-order chi connectivity index (χ0) is 44.5. The number of hydrogen-bond acceptors (Lipinski definition) is 4. The van der Waals surface area contributed by atoms with E-state index in [0.717, 1.165) is 111 Å². The molecule has 0 saturated heterocycles. The van der Waals surface area contributed by atoms with E-state index in [-0.39, 0.29) is 0 Å². The molecule has 0 heterocycles. The van der Waals surface area contributed by atoms with Crippen LogP contribution in [0.15, 0.2) is 194 Å². The van der Waals surface area contributed by atoms with Crippen molar-refractivity contribution in [3.8, 4) is 113 Å². The quantitative estimate of drug-likeness (QED) is 0.167. The van der Waals surface area contributed by atoms with Gasteiger partial charge in [0, 0.05) is 0 Å². The van der Waals surface area contributed by atoms with Crippen molar-refractivity contribution in [2.45, 2.75) is 0 Å². The van der Waals surface area contributed by atoms with E-state index in [0.29, 0.717) is 22.3 Å². The Hall–Kier alpha value is -9.58. The average Bonchev–Trinajstić information content (AvgIpc) is 4.13. The van der Waals surface area contributed by atoms with E-state index in [2.05, 4.69) is 109 Å². The Morgan fingerprint density at radius 1 is 0.242 bits per heavy atom. The van der Waals surface area contributed by atoms with Gasteiger partial charge in [-0.2, -0.15) is 21.0 Å². The van der Waals surface area contributed by atoms with Gasteiger partial charge in [-0.1, -0.05) is 133 Å². The van der Waals surface area contributed by atoms with E-state index in [4.69, 9.17) is 0 Å². The SMILES string of the molecule is N#Cc1ccc(-c2c3cc4ccc5c(ccc6cc7c(-c8ccc(C#N)cc8)c(-c8ccc(C#N)cc8)c(-c8ccccc8)c-7c65)c4c-3c(-c3ccccc3)c2-c2ccc(C#N)cc2)cc1. The minimum Gasteiger partial charge on any atom is -0.192 e. The maximum absolute atomic E-state index is 9.80. The molecule has 0 amide bonds. The number of benzene rings is 8. The van der Waals surface area contributed by atoms with Crippen molar-refractivity contribution in [2.24, 2.45) is 0 Å². The molecule has 0 saturated carbocycles. The van der Waals surface area contributed by atoms with Crippen molar-refractivity contribution in [1.29, 1.82) is 21.0 Å². The molecule has 0 N–H and O–H groups in total. The van der Waals surface area contributed by atoms with E-state index >= 15 is 0 Å². The number of fused-ring (bicyclic) bond motifs is 9. The molecule has 8 aromatic carbocycles. The van der Waals surface area contributed by atoms with Gasteiger partial charge in [-0.05, 0) is 182 Å². The van der Waals surface area contributed by atoms with Crippen molar-refractivity contribution in [3.63, 3.8) is 0 Å². The van der Waals surface area contributed by atoms with Crippen LogP contribution in [0, 0.1) is 45.3 Å². The highest BCUT2D eigenvalue weighted by atomic mass is 14.4. The van der Waals surface area contributed by atoms with Gasteiger partial charge in [0.2, 0.25) is 0 Å². The maximum Gasteiger partial charge on any atom is 0.0991 e. The van der Waals surface area contributed by atoms with Gasteiger partial charge in [0.1, 0.15) is 0 Å². The molecule has 66 heavy (non-hydrogen) atoms. The predicted octanol–water partition coefficient (Wildman–Crippen LogP) is 15.7. The van der Waals surface area contributed by atoms with Gasteiger partial charge < -0.3 is 0 Å². The normalized spacial score (nSPS) is 11.3. The monoisotopic (exact) mass is 832 g/mol. The molecule has 4 aliphatic rings. The summed E-state index contributed by atoms with van der Waals surface area (Å²) in [6.45, 7) is 0. The zero-order valence-electron chi connectivity index (χ0n) is 35.3. The number of rotatable bonds is 6. The van der Waals surface area contributed by atoms with E-state index in [9.17, 15) is 21.0 Å². The highest BCUT2D eigenvalue weighted by molar-refractivity contribution is 6.33. The van der Waals surface area contributed by atoms with Gasteiger partial charge in [-0.25, -0.2) is 0 Å². The molecule has 12 rings (SSSR count). The van der Waals surface area contributed by atoms with Crippen LogP contribution in [0.1, 0.15) is 22.3 Å². The van der Waals surface area contributed by atoms with Crippen molar-refractivity contribution < 1.29 is 0 Å². The number of hydrogen-bond donors (Lipinski definition) is 0. The molecule has 0 aliphatic heterocycles. The van der Waals surface area contributed by atoms with Crippen LogP contribution >= 0.6 is 0 Å². The smallest absolute Gasteiger partial charge is 0.0991 e. The Labute approximate surface area is 381 Å². The third-order valence-corrected chi connectivity index (χ3v) is 13.3. The van der Waals surface area contributed by atoms with Crippen molar-refractivity contribution in [3.05, 3.63) is 216 Å². The molecule has 0 fully saturated rings. The number of nitriles is 4. The van der Waals surface area contributed by atoms with Crippen LogP contribution < -0.4 is 0 Å². The maximum atomic E-state index is 9.80. The summed E-state index contributed by atoms with van der Waals surface area (Å²) in [6.07, 6.45) is 0. The first-order valence-corrected chi connectivity index (χ1v) is 21.7. The Kier molecular flexibility index (Phi) is 8.69. The molecule has 0 spiro atoms. The first-order valence-electron chi connectivity index (χ1n) is 21.7. The lowest BCUT2D eigenvalue weighted by Gasteiger charge is -2.13. The van der Waals surface area contributed by atoms with E-state index in [1.54, 1.807) is 0 Å². The molecule has 4 nitrogen and oxygen atoms in total. The van der Waals surface area contributed by atoms with Crippen LogP contribution in [0.2, 0.25) is 0 Å². The first kappa shape index (κ1) is 38.1. The highest BCUT2D eigenvalue weighted by Gasteiger charge is 2.33. The summed E-state index contributed by atoms with van der Waals surface area (Å²) < 4.78 is 0. The lowest BCUT2D eigenvalue weighted by Crippen LogP contribution is -1.87. The van der Waals surface area contributed by atoms with Crippen LogP contribution in [-0.2, 0) is 0 Å². The summed E-state index contributed by atoms with van der Waals surface area (Å²) in [7, 11) is 0. The molecule has 0 atom stereocenters. The van der Waals surface area contributed by atoms with Crippen molar-refractivity contribution in [1.82, 2.24) is 0 Å². The molecular formula is C62H32N4. The molecule has 8 aromatic rings. The third-order valence-electron chi connectivity index (χ3n) is 13.3. The van der Waals surface area contributed by atoms with Crippen LogP contribution in [0.5, 0.6) is 0 Å². The molecular weight excluding hydrogens is 801 g/mol. The summed E-state index contributed by atoms with van der Waals surface area (Å²) in [5.74, 6) is 0. The van der Waals surface area contributed by atoms with Crippen molar-refractivity contribution >= 4 is 32.3 Å². The lowest BCUT2D eigenvalue weighted by atomic mass is 9.90. The largest absolute Gasteiger partial charge is 0.192 e. The lowest BCUT2D eigenvalue weighted by molar-refractivity contribution is 1.48. The van der Waals surface area contributed by atoms with Gasteiger partial charge in [0.25, 0.3) is 0 Å². The first-order chi connectivity index (χ1) is 32.6. The van der Waals surface area contributed by atoms with E-state index in [1.165, 1.54) is 10.8 Å². The Bertz CT molecular complexity index is 3690. The second-order valence-electron chi connectivity index (χ2n) is 16.8. The van der Waals surface area contributed by atoms with Gasteiger partial charge in [-0.3, -0.25) is 0 Å². The summed E-state index contributed by atoms with van der Waals surface area (Å²) in [5, 5.41) is 46.0. The Morgan fingerprint density at radius 3 is 0.818 bits per heavy atom. The van der Waals surface area contributed by atoms with Crippen LogP contribution in [0.4, 0.5) is 0 Å². The summed E-state index contributed by atoms with van der Waals surface area (Å²) in [4.78, 5) is 0. The minimum atomic E-state index is 0.596. The van der Waals surface area contributed by atoms with Gasteiger partial charge in [-0.15, -0.1) is 0 Å². The third kappa shape index (κ3) is 5.74. The minimum absolute atomic E-state index is 0.596. The second kappa shape index (κ2) is 15.1. The van der Waals surface area contributed by atoms with E-state index < -0.39 is 0 Å². The fraction of sp³-hybridized carbons (Fsp3) is 0. The summed E-state index contributed by atoms with van der Waals surface area (Å²) >= 11 is 0. The van der Waals surface area contributed by atoms with Gasteiger partial charge in [0.05, 0.1) is 46.5 Å². The van der Waals surface area contributed by atoms with Crippen LogP contribution in [0.3, 0.4) is 0 Å². The molecule has 4 heteroatoms. The average molecular weight is 833 g/mol. The van der Waals surface area contributed by atoms with E-state index in [1.807, 2.05) is 109 Å². The fourth-order valence-electron chi connectivity index (χ4n) is 10.5. The predicted molar refractivity (Wildman–Crippen MR) is 266 cm³/mol. The molecule has 0 bridgehead atoms. The summed E-state index contributed by atoms with van der Waals surface area (Å²) in [5.41, 5.74) is 19.7. The summed E-state index contributed by atoms with van der Waals surface area (Å²) in [6, 6.07) is 75.6. The fourth-order valence-corrected chi connectivity index (χ4v) is 10.5. The van der Waals surface area contributed by atoms with Crippen LogP contribution in [0.25, 0.3) is 121 Å². The molecule has 0 aromatic heterocycles. The topological polar surface area (TPSA) is 95.2 Å².